The molecule has 1 heterocycles. The summed E-state index contributed by atoms with van der Waals surface area (Å²) in [4.78, 5) is 20.3. The van der Waals surface area contributed by atoms with Gasteiger partial charge in [0.1, 0.15) is 0 Å². The van der Waals surface area contributed by atoms with E-state index in [-0.39, 0.29) is 0 Å². The smallest absolute Gasteiger partial charge is 0.264 e. The first-order valence-corrected chi connectivity index (χ1v) is 2.81. The first-order valence-electron chi connectivity index (χ1n) is 2.81. The van der Waals surface area contributed by atoms with Crippen molar-refractivity contribution in [3.05, 3.63) is 0 Å². The largest absolute Gasteiger partial charge is 0.386 e. The molecule has 9 heteroatoms. The molecule has 1 unspecified atom stereocenters. The van der Waals surface area contributed by atoms with Crippen molar-refractivity contribution in [3.8, 4) is 0 Å². The Balaban J connectivity index is 3.07. The molecule has 3 amide bonds. The molecular formula is C4HF5N2O2. The highest BCUT2D eigenvalue weighted by Gasteiger charge is 2.62. The number of hydrogen-bond donors (Lipinski definition) is 0. The highest BCUT2D eigenvalue weighted by Crippen LogP contribution is 2.32. The van der Waals surface area contributed by atoms with E-state index in [1.807, 2.05) is 0 Å². The van der Waals surface area contributed by atoms with Crippen molar-refractivity contribution < 1.29 is 31.7 Å². The maximum absolute atomic E-state index is 12.2. The molecule has 1 rings (SSSR count). The molecule has 1 atom stereocenters. The average Bonchev–Trinajstić information content (AvgIpc) is 2.09. The van der Waals surface area contributed by atoms with Crippen LogP contribution in [0.15, 0.2) is 0 Å². The predicted octanol–water partition coefficient (Wildman–Crippen LogP) is 0.951. The number of amides is 3. The molecule has 0 aromatic heterocycles. The number of nitrogens with zero attached hydrogens (tertiary/aromatic N) is 2. The molecule has 1 fully saturated rings. The molecule has 0 radical (unpaired) electrons. The number of imide groups is 1. The van der Waals surface area contributed by atoms with Gasteiger partial charge in [-0.1, -0.05) is 14.1 Å². The number of hydrogen-bond acceptors (Lipinski definition) is 2. The average molecular weight is 204 g/mol. The topological polar surface area (TPSA) is 40.6 Å². The fourth-order valence-electron chi connectivity index (χ4n) is 0.643. The summed E-state index contributed by atoms with van der Waals surface area (Å²) >= 11 is 0. The zero-order chi connectivity index (χ0) is 10.4. The minimum absolute atomic E-state index is 1.68. The quantitative estimate of drug-likeness (QED) is 0.335. The first-order chi connectivity index (χ1) is 5.80. The van der Waals surface area contributed by atoms with Crippen molar-refractivity contribution in [2.75, 3.05) is 0 Å². The van der Waals surface area contributed by atoms with E-state index in [0.29, 0.717) is 0 Å². The third kappa shape index (κ3) is 1.11. The molecule has 74 valence electrons. The molecule has 0 aliphatic carbocycles. The molecular weight excluding hydrogens is 203 g/mol. The Bertz CT molecular complexity index is 269. The van der Waals surface area contributed by atoms with E-state index in [2.05, 4.69) is 0 Å². The normalized spacial score (nSPS) is 28.2. The minimum atomic E-state index is -4.91. The molecule has 13 heavy (non-hydrogen) atoms. The lowest BCUT2D eigenvalue weighted by Crippen LogP contribution is -2.61. The lowest BCUT2D eigenvalue weighted by molar-refractivity contribution is -0.226. The van der Waals surface area contributed by atoms with Gasteiger partial charge >= 0.3 is 17.9 Å². The second kappa shape index (κ2) is 2.54. The number of carbonyl (C=O) groups is 2. The Hall–Kier alpha value is -1.41. The summed E-state index contributed by atoms with van der Waals surface area (Å²) in [6.45, 7) is 0. The molecule has 0 N–H and O–H groups in total. The van der Waals surface area contributed by atoms with Crippen LogP contribution in [0.1, 0.15) is 0 Å². The van der Waals surface area contributed by atoms with Gasteiger partial charge in [-0.15, -0.1) is 5.12 Å². The Kier molecular flexibility index (Phi) is 1.89. The van der Waals surface area contributed by atoms with E-state index in [0.717, 1.165) is 0 Å². The third-order valence-electron chi connectivity index (χ3n) is 1.31. The van der Waals surface area contributed by atoms with Crippen molar-refractivity contribution in [1.82, 2.24) is 10.2 Å². The van der Waals surface area contributed by atoms with Gasteiger partial charge < -0.3 is 0 Å². The van der Waals surface area contributed by atoms with Crippen molar-refractivity contribution in [2.24, 2.45) is 0 Å². The van der Waals surface area contributed by atoms with Crippen molar-refractivity contribution >= 4 is 11.9 Å². The molecule has 1 aliphatic rings. The van der Waals surface area contributed by atoms with E-state index >= 15 is 0 Å². The fourth-order valence-corrected chi connectivity index (χ4v) is 0.643. The van der Waals surface area contributed by atoms with Crippen LogP contribution < -0.4 is 0 Å². The first kappa shape index (κ1) is 9.68. The summed E-state index contributed by atoms with van der Waals surface area (Å²) in [5, 5.41) is -3.38. The summed E-state index contributed by atoms with van der Waals surface area (Å²) in [5.74, 6) is -7.63. The predicted molar refractivity (Wildman–Crippen MR) is 26.1 cm³/mol. The van der Waals surface area contributed by atoms with Crippen molar-refractivity contribution in [1.29, 1.82) is 0 Å². The second-order valence-corrected chi connectivity index (χ2v) is 2.14. The van der Waals surface area contributed by atoms with Crippen LogP contribution in [0.4, 0.5) is 26.9 Å². The summed E-state index contributed by atoms with van der Waals surface area (Å²) in [6, 6.07) is -2.41. The van der Waals surface area contributed by atoms with Crippen LogP contribution in [0.2, 0.25) is 0 Å². The van der Waals surface area contributed by atoms with E-state index in [1.54, 1.807) is 0 Å². The SMILES string of the molecule is O=C1N(F)C(=O)C(F)(F)C(F)N1F. The Labute approximate surface area is 67.4 Å². The van der Waals surface area contributed by atoms with Gasteiger partial charge in [0.05, 0.1) is 0 Å². The van der Waals surface area contributed by atoms with Crippen molar-refractivity contribution in [3.63, 3.8) is 0 Å². The summed E-state index contributed by atoms with van der Waals surface area (Å²) in [7, 11) is 0. The zero-order valence-corrected chi connectivity index (χ0v) is 5.68. The summed E-state index contributed by atoms with van der Waals surface area (Å²) in [5.41, 5.74) is 0. The van der Waals surface area contributed by atoms with Gasteiger partial charge in [-0.05, 0) is 0 Å². The van der Waals surface area contributed by atoms with Gasteiger partial charge in [0, 0.05) is 0 Å². The summed E-state index contributed by atoms with van der Waals surface area (Å²) in [6.07, 6.45) is -3.79. The highest BCUT2D eigenvalue weighted by molar-refractivity contribution is 5.99. The van der Waals surface area contributed by atoms with Gasteiger partial charge in [-0.3, -0.25) is 4.79 Å². The van der Waals surface area contributed by atoms with Crippen LogP contribution >= 0.6 is 0 Å². The van der Waals surface area contributed by atoms with Gasteiger partial charge in [0.15, 0.2) is 0 Å². The highest BCUT2D eigenvalue weighted by atomic mass is 19.3. The molecule has 0 saturated carbocycles. The van der Waals surface area contributed by atoms with Crippen LogP contribution in [0.5, 0.6) is 0 Å². The number of carbonyl (C=O) groups excluding carboxylic acids is 2. The molecule has 0 aromatic rings. The monoisotopic (exact) mass is 204 g/mol. The molecule has 4 nitrogen and oxygen atoms in total. The number of rotatable bonds is 0. The standard InChI is InChI=1S/C4HF5N2O2/c5-1-4(6,7)2(12)11(9)3(13)10(1)8/h1H. The Morgan fingerprint density at radius 3 is 2.15 bits per heavy atom. The van der Waals surface area contributed by atoms with Crippen LogP contribution in [0.25, 0.3) is 0 Å². The molecule has 1 aliphatic heterocycles. The van der Waals surface area contributed by atoms with Crippen LogP contribution in [0, 0.1) is 0 Å². The Morgan fingerprint density at radius 1 is 1.23 bits per heavy atom. The van der Waals surface area contributed by atoms with Crippen LogP contribution in [-0.4, -0.2) is 34.4 Å². The summed E-state index contributed by atoms with van der Waals surface area (Å²) < 4.78 is 60.8. The van der Waals surface area contributed by atoms with Gasteiger partial charge in [0.2, 0.25) is 0 Å². The van der Waals surface area contributed by atoms with E-state index in [9.17, 15) is 31.7 Å². The lowest BCUT2D eigenvalue weighted by atomic mass is 10.2. The molecule has 1 saturated heterocycles. The van der Waals surface area contributed by atoms with Crippen LogP contribution in [-0.2, 0) is 4.79 Å². The van der Waals surface area contributed by atoms with E-state index in [4.69, 9.17) is 0 Å². The second-order valence-electron chi connectivity index (χ2n) is 2.14. The third-order valence-corrected chi connectivity index (χ3v) is 1.31. The number of halogens is 5. The van der Waals surface area contributed by atoms with E-state index in [1.165, 1.54) is 0 Å². The molecule has 0 aromatic carbocycles. The Morgan fingerprint density at radius 2 is 1.69 bits per heavy atom. The lowest BCUT2D eigenvalue weighted by Gasteiger charge is -2.30. The van der Waals surface area contributed by atoms with Crippen LogP contribution in [0.3, 0.4) is 0 Å². The maximum Gasteiger partial charge on any atom is 0.386 e. The van der Waals surface area contributed by atoms with Crippen molar-refractivity contribution in [2.45, 2.75) is 12.2 Å². The van der Waals surface area contributed by atoms with Gasteiger partial charge in [0.25, 0.3) is 6.30 Å². The van der Waals surface area contributed by atoms with E-state index < -0.39 is 34.4 Å². The molecule has 0 bridgehead atoms. The fraction of sp³-hybridized carbons (Fsp3) is 0.500. The maximum atomic E-state index is 12.2. The number of urea groups is 1. The minimum Gasteiger partial charge on any atom is -0.264 e. The zero-order valence-electron chi connectivity index (χ0n) is 5.68. The van der Waals surface area contributed by atoms with Gasteiger partial charge in [-0.25, -0.2) is 9.18 Å². The van der Waals surface area contributed by atoms with Gasteiger partial charge in [-0.2, -0.15) is 8.78 Å². The molecule has 0 spiro atoms. The number of alkyl halides is 3.